The van der Waals surface area contributed by atoms with E-state index >= 15 is 0 Å². The van der Waals surface area contributed by atoms with Crippen molar-refractivity contribution in [2.75, 3.05) is 9.80 Å². The Morgan fingerprint density at radius 3 is 1.34 bits per heavy atom. The third-order valence-corrected chi connectivity index (χ3v) is 12.3. The Morgan fingerprint density at radius 2 is 0.845 bits per heavy atom. The first kappa shape index (κ1) is 37.8. The van der Waals surface area contributed by atoms with Crippen molar-refractivity contribution in [2.45, 2.75) is 85.5 Å². The molecule has 2 heterocycles. The van der Waals surface area contributed by atoms with Gasteiger partial charge in [0, 0.05) is 39.6 Å². The highest BCUT2D eigenvalue weighted by Crippen LogP contribution is 2.51. The van der Waals surface area contributed by atoms with Crippen LogP contribution in [0.15, 0.2) is 152 Å². The molecule has 7 aromatic rings. The van der Waals surface area contributed by atoms with Crippen molar-refractivity contribution in [1.29, 1.82) is 0 Å². The lowest BCUT2D eigenvalue weighted by Crippen LogP contribution is -2.61. The minimum atomic E-state index is -0.0408. The third kappa shape index (κ3) is 6.36. The molecule has 0 bridgehead atoms. The Labute approximate surface area is 347 Å². The van der Waals surface area contributed by atoms with Crippen LogP contribution in [0.3, 0.4) is 0 Å². The first-order valence-electron chi connectivity index (χ1n) is 21.0. The number of para-hydroxylation sites is 1. The Bertz CT molecular complexity index is 2630. The average molecular weight is 755 g/mol. The molecule has 0 amide bonds. The number of benzene rings is 7. The van der Waals surface area contributed by atoms with Crippen LogP contribution in [0.5, 0.6) is 0 Å². The highest BCUT2D eigenvalue weighted by Gasteiger charge is 2.45. The van der Waals surface area contributed by atoms with Crippen LogP contribution in [0, 0.1) is 6.92 Å². The molecule has 0 aromatic heterocycles. The van der Waals surface area contributed by atoms with Crippen LogP contribution < -0.4 is 26.2 Å². The zero-order chi connectivity index (χ0) is 40.7. The van der Waals surface area contributed by atoms with E-state index in [1.807, 2.05) is 0 Å². The molecular weight excluding hydrogens is 699 g/mol. The summed E-state index contributed by atoms with van der Waals surface area (Å²) in [5, 5.41) is 0. The van der Waals surface area contributed by atoms with E-state index in [-0.39, 0.29) is 23.0 Å². The minimum absolute atomic E-state index is 0.00589. The van der Waals surface area contributed by atoms with E-state index in [0.717, 1.165) is 0 Å². The first-order valence-corrected chi connectivity index (χ1v) is 21.0. The molecular formula is C55H55BN2. The van der Waals surface area contributed by atoms with Gasteiger partial charge in [-0.15, -0.1) is 0 Å². The maximum absolute atomic E-state index is 2.63. The number of anilines is 6. The van der Waals surface area contributed by atoms with Crippen molar-refractivity contribution in [2.24, 2.45) is 0 Å². The molecule has 2 aliphatic rings. The van der Waals surface area contributed by atoms with E-state index in [1.54, 1.807) is 0 Å². The fourth-order valence-electron chi connectivity index (χ4n) is 9.18. The number of nitrogens with zero attached hydrogens (tertiary/aromatic N) is 2. The number of aryl methyl sites for hydroxylation is 1. The second-order valence-electron chi connectivity index (χ2n) is 19.6. The van der Waals surface area contributed by atoms with Crippen LogP contribution in [0.4, 0.5) is 34.1 Å². The third-order valence-electron chi connectivity index (χ3n) is 12.3. The largest absolute Gasteiger partial charge is 0.311 e. The lowest BCUT2D eigenvalue weighted by Gasteiger charge is -2.46. The molecule has 3 heteroatoms. The standard InChI is InChI=1S/C55H55BN2/c1-36-31-49-51-50(32-36)58(52-43(37-19-13-11-14-20-37)25-18-26-44(52)38-21-15-12-16-22-38)48-35-41(55(8,9)10)28-30-46(48)56(51)45-29-27-40(54(5,6)7)34-47(45)57(49)42-24-17-23-39(33-42)53(2,3)4/h11-35H,1-10H3. The van der Waals surface area contributed by atoms with Gasteiger partial charge < -0.3 is 9.80 Å². The van der Waals surface area contributed by atoms with Crippen molar-refractivity contribution >= 4 is 57.2 Å². The smallest absolute Gasteiger partial charge is 0.252 e. The quantitative estimate of drug-likeness (QED) is 0.165. The molecule has 2 aliphatic heterocycles. The van der Waals surface area contributed by atoms with Crippen LogP contribution >= 0.6 is 0 Å². The van der Waals surface area contributed by atoms with Crippen LogP contribution in [0.1, 0.15) is 84.6 Å². The summed E-state index contributed by atoms with van der Waals surface area (Å²) >= 11 is 0. The molecule has 288 valence electrons. The summed E-state index contributed by atoms with van der Waals surface area (Å²) in [6, 6.07) is 57.5. The predicted molar refractivity (Wildman–Crippen MR) is 252 cm³/mol. The molecule has 2 nitrogen and oxygen atoms in total. The second kappa shape index (κ2) is 13.7. The lowest BCUT2D eigenvalue weighted by atomic mass is 9.33. The van der Waals surface area contributed by atoms with Gasteiger partial charge in [-0.2, -0.15) is 0 Å². The van der Waals surface area contributed by atoms with Gasteiger partial charge >= 0.3 is 0 Å². The van der Waals surface area contributed by atoms with Gasteiger partial charge in [-0.1, -0.05) is 178 Å². The Balaban J connectivity index is 1.43. The van der Waals surface area contributed by atoms with Gasteiger partial charge in [0.05, 0.1) is 5.69 Å². The van der Waals surface area contributed by atoms with Crippen molar-refractivity contribution in [3.8, 4) is 22.3 Å². The molecule has 0 aliphatic carbocycles. The number of fused-ring (bicyclic) bond motifs is 4. The van der Waals surface area contributed by atoms with E-state index in [9.17, 15) is 0 Å². The van der Waals surface area contributed by atoms with E-state index in [0.29, 0.717) is 0 Å². The van der Waals surface area contributed by atoms with Crippen LogP contribution in [-0.2, 0) is 16.2 Å². The molecule has 0 radical (unpaired) electrons. The van der Waals surface area contributed by atoms with E-state index in [4.69, 9.17) is 0 Å². The van der Waals surface area contributed by atoms with Gasteiger partial charge in [0.2, 0.25) is 0 Å². The molecule has 0 fully saturated rings. The summed E-state index contributed by atoms with van der Waals surface area (Å²) in [5.74, 6) is 0. The summed E-state index contributed by atoms with van der Waals surface area (Å²) in [5.41, 5.74) is 21.4. The Hall–Kier alpha value is -5.80. The van der Waals surface area contributed by atoms with Crippen molar-refractivity contribution in [3.05, 3.63) is 174 Å². The van der Waals surface area contributed by atoms with E-state index in [2.05, 4.69) is 231 Å². The fraction of sp³-hybridized carbons (Fsp3) is 0.236. The van der Waals surface area contributed by atoms with Crippen molar-refractivity contribution in [1.82, 2.24) is 0 Å². The van der Waals surface area contributed by atoms with Gasteiger partial charge in [0.15, 0.2) is 0 Å². The Morgan fingerprint density at radius 1 is 0.397 bits per heavy atom. The maximum atomic E-state index is 2.63. The summed E-state index contributed by atoms with van der Waals surface area (Å²) < 4.78 is 0. The summed E-state index contributed by atoms with van der Waals surface area (Å²) in [6.45, 7) is 23.2. The SMILES string of the molecule is Cc1cc2c3c(c1)N(c1c(-c4ccccc4)cccc1-c1ccccc1)c1cc(C(C)(C)C)ccc1B3c1ccc(C(C)(C)C)cc1N2c1cccc(C(C)(C)C)c1. The number of hydrogen-bond acceptors (Lipinski definition) is 2. The molecule has 58 heavy (non-hydrogen) atoms. The van der Waals surface area contributed by atoms with Gasteiger partial charge in [-0.3, -0.25) is 0 Å². The Kier molecular flexibility index (Phi) is 8.89. The van der Waals surface area contributed by atoms with E-state index in [1.165, 1.54) is 95.0 Å². The normalized spacial score (nSPS) is 13.6. The highest BCUT2D eigenvalue weighted by molar-refractivity contribution is 7.00. The van der Waals surface area contributed by atoms with Crippen LogP contribution in [0.2, 0.25) is 0 Å². The minimum Gasteiger partial charge on any atom is -0.311 e. The topological polar surface area (TPSA) is 6.48 Å². The average Bonchev–Trinajstić information content (AvgIpc) is 3.19. The summed E-state index contributed by atoms with van der Waals surface area (Å²) in [4.78, 5) is 5.21. The van der Waals surface area contributed by atoms with Crippen molar-refractivity contribution in [3.63, 3.8) is 0 Å². The molecule has 0 N–H and O–H groups in total. The predicted octanol–water partition coefficient (Wildman–Crippen LogP) is 13.3. The molecule has 7 aromatic carbocycles. The van der Waals surface area contributed by atoms with E-state index < -0.39 is 0 Å². The first-order chi connectivity index (χ1) is 27.6. The molecule has 0 spiro atoms. The number of hydrogen-bond donors (Lipinski definition) is 0. The van der Waals surface area contributed by atoms with Gasteiger partial charge in [-0.05, 0) is 109 Å². The molecule has 0 unspecified atom stereocenters. The zero-order valence-electron chi connectivity index (χ0n) is 35.9. The van der Waals surface area contributed by atoms with Gasteiger partial charge in [0.1, 0.15) is 0 Å². The fourth-order valence-corrected chi connectivity index (χ4v) is 9.18. The van der Waals surface area contributed by atoms with Crippen LogP contribution in [-0.4, -0.2) is 6.71 Å². The summed E-state index contributed by atoms with van der Waals surface area (Å²) in [7, 11) is 0. The van der Waals surface area contributed by atoms with Gasteiger partial charge in [-0.25, -0.2) is 0 Å². The molecule has 0 atom stereocenters. The van der Waals surface area contributed by atoms with Gasteiger partial charge in [0.25, 0.3) is 6.71 Å². The maximum Gasteiger partial charge on any atom is 0.252 e. The zero-order valence-corrected chi connectivity index (χ0v) is 35.9. The lowest BCUT2D eigenvalue weighted by molar-refractivity contribution is 0.590. The number of rotatable bonds is 4. The second-order valence-corrected chi connectivity index (χ2v) is 19.6. The van der Waals surface area contributed by atoms with Crippen LogP contribution in [0.25, 0.3) is 22.3 Å². The monoisotopic (exact) mass is 754 g/mol. The molecule has 0 saturated heterocycles. The van der Waals surface area contributed by atoms with Crippen molar-refractivity contribution < 1.29 is 0 Å². The molecule has 0 saturated carbocycles. The molecule has 9 rings (SSSR count). The highest BCUT2D eigenvalue weighted by atomic mass is 15.2. The summed E-state index contributed by atoms with van der Waals surface area (Å²) in [6.07, 6.45) is 0.